The molecule has 0 bridgehead atoms. The highest BCUT2D eigenvalue weighted by atomic mass is 16.4. The molecular weight excluding hydrogens is 308 g/mol. The van der Waals surface area contributed by atoms with E-state index in [1.54, 1.807) is 43.0 Å². The van der Waals surface area contributed by atoms with Gasteiger partial charge in [-0.2, -0.15) is 0 Å². The van der Waals surface area contributed by atoms with Gasteiger partial charge in [0.25, 0.3) is 5.91 Å². The van der Waals surface area contributed by atoms with E-state index in [4.69, 9.17) is 5.11 Å². The maximum absolute atomic E-state index is 12.7. The van der Waals surface area contributed by atoms with Crippen molar-refractivity contribution >= 4 is 17.8 Å². The minimum atomic E-state index is -0.893. The van der Waals surface area contributed by atoms with Crippen LogP contribution in [-0.4, -0.2) is 46.4 Å². The highest BCUT2D eigenvalue weighted by Crippen LogP contribution is 2.30. The van der Waals surface area contributed by atoms with E-state index < -0.39 is 11.5 Å². The molecule has 0 aliphatic carbocycles. The summed E-state index contributed by atoms with van der Waals surface area (Å²) in [4.78, 5) is 37.7. The van der Waals surface area contributed by atoms with Crippen molar-refractivity contribution in [2.24, 2.45) is 5.92 Å². The summed E-state index contributed by atoms with van der Waals surface area (Å²) in [6, 6.07) is 8.93. The zero-order valence-corrected chi connectivity index (χ0v) is 14.1. The minimum Gasteiger partial charge on any atom is -0.481 e. The molecule has 2 amide bonds. The Hall–Kier alpha value is -2.37. The van der Waals surface area contributed by atoms with Gasteiger partial charge in [-0.05, 0) is 37.8 Å². The fourth-order valence-electron chi connectivity index (χ4n) is 3.09. The molecule has 1 heterocycles. The Morgan fingerprint density at radius 2 is 1.96 bits per heavy atom. The number of aliphatic carboxylic acids is 1. The Kier molecular flexibility index (Phi) is 5.59. The van der Waals surface area contributed by atoms with Gasteiger partial charge in [0.05, 0.1) is 0 Å². The third kappa shape index (κ3) is 3.93. The molecule has 6 heteroatoms. The maximum atomic E-state index is 12.7. The van der Waals surface area contributed by atoms with Crippen LogP contribution in [0.4, 0.5) is 0 Å². The highest BCUT2D eigenvalue weighted by molar-refractivity contribution is 5.99. The molecule has 0 saturated carbocycles. The summed E-state index contributed by atoms with van der Waals surface area (Å²) < 4.78 is 0. The van der Waals surface area contributed by atoms with Crippen molar-refractivity contribution < 1.29 is 19.5 Å². The van der Waals surface area contributed by atoms with E-state index in [1.807, 2.05) is 6.07 Å². The van der Waals surface area contributed by atoms with Gasteiger partial charge in [-0.3, -0.25) is 14.4 Å². The number of rotatable bonds is 6. The fourth-order valence-corrected chi connectivity index (χ4v) is 3.09. The third-order valence-corrected chi connectivity index (χ3v) is 4.53. The van der Waals surface area contributed by atoms with Gasteiger partial charge in [-0.1, -0.05) is 25.1 Å². The van der Waals surface area contributed by atoms with Crippen molar-refractivity contribution in [3.63, 3.8) is 0 Å². The van der Waals surface area contributed by atoms with Gasteiger partial charge in [0.2, 0.25) is 5.91 Å². The van der Waals surface area contributed by atoms with Crippen LogP contribution in [0.25, 0.3) is 0 Å². The molecule has 1 aliphatic rings. The first-order valence-electron chi connectivity index (χ1n) is 8.21. The molecule has 130 valence electrons. The molecule has 2 rings (SSSR count). The van der Waals surface area contributed by atoms with Gasteiger partial charge in [-0.25, -0.2) is 0 Å². The normalized spacial score (nSPS) is 21.3. The van der Waals surface area contributed by atoms with E-state index in [0.717, 1.165) is 6.42 Å². The van der Waals surface area contributed by atoms with Crippen LogP contribution in [0, 0.1) is 5.92 Å². The van der Waals surface area contributed by atoms with Crippen LogP contribution in [-0.2, 0) is 9.59 Å². The highest BCUT2D eigenvalue weighted by Gasteiger charge is 2.45. The van der Waals surface area contributed by atoms with E-state index in [9.17, 15) is 14.4 Å². The van der Waals surface area contributed by atoms with Crippen molar-refractivity contribution in [3.8, 4) is 0 Å². The number of nitrogens with one attached hydrogen (secondary N) is 1. The van der Waals surface area contributed by atoms with Gasteiger partial charge in [0.1, 0.15) is 5.54 Å². The lowest BCUT2D eigenvalue weighted by Crippen LogP contribution is -2.56. The van der Waals surface area contributed by atoms with Crippen molar-refractivity contribution in [2.45, 2.75) is 38.6 Å². The largest absolute Gasteiger partial charge is 0.481 e. The van der Waals surface area contributed by atoms with E-state index in [1.165, 1.54) is 0 Å². The smallest absolute Gasteiger partial charge is 0.303 e. The number of carboxylic acid groups (broad SMARTS) is 1. The fraction of sp³-hybridized carbons (Fsp3) is 0.500. The standard InChI is InChI=1S/C18H24N2O4/c1-13(11-15(21)22)12-19-17(24)18(2)9-6-10-20(18)16(23)14-7-4-3-5-8-14/h3-5,7-8,13H,6,9-12H2,1-2H3,(H,19,24)(H,21,22). The molecule has 2 N–H and O–H groups in total. The molecule has 24 heavy (non-hydrogen) atoms. The van der Waals surface area contributed by atoms with E-state index in [2.05, 4.69) is 5.32 Å². The van der Waals surface area contributed by atoms with Crippen molar-refractivity contribution in [1.29, 1.82) is 0 Å². The summed E-state index contributed by atoms with van der Waals surface area (Å²) in [5, 5.41) is 11.6. The topological polar surface area (TPSA) is 86.7 Å². The zero-order chi connectivity index (χ0) is 17.7. The average Bonchev–Trinajstić information content (AvgIpc) is 2.95. The van der Waals surface area contributed by atoms with Crippen LogP contribution in [0.1, 0.15) is 43.5 Å². The van der Waals surface area contributed by atoms with Crippen LogP contribution >= 0.6 is 0 Å². The number of nitrogens with zero attached hydrogens (tertiary/aromatic N) is 1. The van der Waals surface area contributed by atoms with Gasteiger partial charge in [0, 0.05) is 25.1 Å². The number of hydrogen-bond donors (Lipinski definition) is 2. The van der Waals surface area contributed by atoms with Crippen molar-refractivity contribution in [1.82, 2.24) is 10.2 Å². The van der Waals surface area contributed by atoms with E-state index >= 15 is 0 Å². The maximum Gasteiger partial charge on any atom is 0.303 e. The second kappa shape index (κ2) is 7.47. The van der Waals surface area contributed by atoms with Crippen LogP contribution in [0.5, 0.6) is 0 Å². The number of carbonyl (C=O) groups excluding carboxylic acids is 2. The number of carbonyl (C=O) groups is 3. The number of benzene rings is 1. The lowest BCUT2D eigenvalue weighted by atomic mass is 9.96. The molecule has 2 unspecified atom stereocenters. The molecule has 1 saturated heterocycles. The van der Waals surface area contributed by atoms with Crippen molar-refractivity contribution in [2.75, 3.05) is 13.1 Å². The first kappa shape index (κ1) is 18.0. The Balaban J connectivity index is 2.05. The Labute approximate surface area is 141 Å². The lowest BCUT2D eigenvalue weighted by molar-refractivity contribution is -0.138. The minimum absolute atomic E-state index is 0.00363. The molecular formula is C18H24N2O4. The molecule has 6 nitrogen and oxygen atoms in total. The monoisotopic (exact) mass is 332 g/mol. The summed E-state index contributed by atoms with van der Waals surface area (Å²) in [7, 11) is 0. The Morgan fingerprint density at radius 3 is 2.58 bits per heavy atom. The van der Waals surface area contributed by atoms with Gasteiger partial charge in [-0.15, -0.1) is 0 Å². The first-order chi connectivity index (χ1) is 11.3. The lowest BCUT2D eigenvalue weighted by Gasteiger charge is -2.34. The molecule has 1 aliphatic heterocycles. The van der Waals surface area contributed by atoms with E-state index in [0.29, 0.717) is 18.5 Å². The second-order valence-electron chi connectivity index (χ2n) is 6.61. The van der Waals surface area contributed by atoms with Crippen LogP contribution in [0.3, 0.4) is 0 Å². The molecule has 2 atom stereocenters. The number of hydrogen-bond acceptors (Lipinski definition) is 3. The molecule has 0 aromatic heterocycles. The van der Waals surface area contributed by atoms with Gasteiger partial charge >= 0.3 is 5.97 Å². The summed E-state index contributed by atoms with van der Waals surface area (Å²) in [5.74, 6) is -1.41. The van der Waals surface area contributed by atoms with Crippen LogP contribution < -0.4 is 5.32 Å². The molecule has 1 aromatic rings. The summed E-state index contributed by atoms with van der Waals surface area (Å²) in [6.07, 6.45) is 1.38. The number of likely N-dealkylation sites (tertiary alicyclic amines) is 1. The molecule has 1 fully saturated rings. The second-order valence-corrected chi connectivity index (χ2v) is 6.61. The molecule has 0 spiro atoms. The van der Waals surface area contributed by atoms with E-state index in [-0.39, 0.29) is 30.7 Å². The SMILES string of the molecule is CC(CNC(=O)C1(C)CCCN1C(=O)c1ccccc1)CC(=O)O. The van der Waals surface area contributed by atoms with Crippen molar-refractivity contribution in [3.05, 3.63) is 35.9 Å². The van der Waals surface area contributed by atoms with Crippen LogP contribution in [0.2, 0.25) is 0 Å². The quantitative estimate of drug-likeness (QED) is 0.833. The first-order valence-corrected chi connectivity index (χ1v) is 8.21. The Bertz CT molecular complexity index is 617. The van der Waals surface area contributed by atoms with Crippen LogP contribution in [0.15, 0.2) is 30.3 Å². The summed E-state index contributed by atoms with van der Waals surface area (Å²) in [5.41, 5.74) is -0.326. The Morgan fingerprint density at radius 1 is 1.29 bits per heavy atom. The summed E-state index contributed by atoms with van der Waals surface area (Å²) >= 11 is 0. The number of amides is 2. The zero-order valence-electron chi connectivity index (χ0n) is 14.1. The summed E-state index contributed by atoms with van der Waals surface area (Å²) in [6.45, 7) is 4.38. The van der Waals surface area contributed by atoms with Gasteiger partial charge < -0.3 is 15.3 Å². The third-order valence-electron chi connectivity index (χ3n) is 4.53. The average molecular weight is 332 g/mol. The molecule has 0 radical (unpaired) electrons. The number of carboxylic acids is 1. The molecule has 1 aromatic carbocycles. The predicted octanol–water partition coefficient (Wildman–Crippen LogP) is 1.91. The predicted molar refractivity (Wildman–Crippen MR) is 89.5 cm³/mol. The van der Waals surface area contributed by atoms with Gasteiger partial charge in [0.15, 0.2) is 0 Å².